The Kier molecular flexibility index (Phi) is 5.38. The summed E-state index contributed by atoms with van der Waals surface area (Å²) in [4.78, 5) is 0. The largest absolute Gasteiger partial charge is 0.494 e. The summed E-state index contributed by atoms with van der Waals surface area (Å²) in [7, 11) is 1.42. The van der Waals surface area contributed by atoms with Crippen molar-refractivity contribution in [2.75, 3.05) is 13.7 Å². The molecule has 0 amide bonds. The van der Waals surface area contributed by atoms with E-state index >= 15 is 0 Å². The maximum absolute atomic E-state index is 13.4. The van der Waals surface area contributed by atoms with E-state index < -0.39 is 11.9 Å². The van der Waals surface area contributed by atoms with Gasteiger partial charge in [0, 0.05) is 13.0 Å². The van der Waals surface area contributed by atoms with Gasteiger partial charge in [0.05, 0.1) is 19.3 Å². The number of rotatable bonds is 6. The smallest absolute Gasteiger partial charge is 0.165 e. The Morgan fingerprint density at radius 2 is 2.12 bits per heavy atom. The normalized spacial score (nSPS) is 14.4. The fraction of sp³-hybridized carbons (Fsp3) is 0.538. The lowest BCUT2D eigenvalue weighted by Gasteiger charge is -2.18. The Labute approximate surface area is 101 Å². The second-order valence-electron chi connectivity index (χ2n) is 3.90. The molecule has 1 aromatic rings. The minimum Gasteiger partial charge on any atom is -0.494 e. The van der Waals surface area contributed by atoms with Crippen molar-refractivity contribution in [3.8, 4) is 5.75 Å². The Morgan fingerprint density at radius 1 is 1.41 bits per heavy atom. The Bertz CT molecular complexity index is 355. The van der Waals surface area contributed by atoms with Gasteiger partial charge in [-0.1, -0.05) is 6.07 Å². The lowest BCUT2D eigenvalue weighted by Crippen LogP contribution is -2.28. The number of hydrogen-bond donors (Lipinski definition) is 1. The zero-order valence-electron chi connectivity index (χ0n) is 10.4. The van der Waals surface area contributed by atoms with E-state index in [9.17, 15) is 9.50 Å². The van der Waals surface area contributed by atoms with Gasteiger partial charge in [0.25, 0.3) is 0 Å². The first-order valence-corrected chi connectivity index (χ1v) is 5.70. The molecule has 0 fully saturated rings. The van der Waals surface area contributed by atoms with Crippen molar-refractivity contribution in [2.24, 2.45) is 0 Å². The number of ether oxygens (including phenoxy) is 2. The molecule has 0 radical (unpaired) electrons. The van der Waals surface area contributed by atoms with E-state index in [2.05, 4.69) is 0 Å². The van der Waals surface area contributed by atoms with Crippen LogP contribution in [0, 0.1) is 5.82 Å². The quantitative estimate of drug-likeness (QED) is 0.830. The van der Waals surface area contributed by atoms with E-state index in [0.29, 0.717) is 13.0 Å². The molecule has 1 aromatic carbocycles. The average Bonchev–Trinajstić information content (AvgIpc) is 2.29. The summed E-state index contributed by atoms with van der Waals surface area (Å²) in [6, 6.07) is 4.67. The van der Waals surface area contributed by atoms with Crippen LogP contribution in [0.25, 0.3) is 0 Å². The summed E-state index contributed by atoms with van der Waals surface area (Å²) >= 11 is 0. The van der Waals surface area contributed by atoms with E-state index in [0.717, 1.165) is 5.56 Å². The van der Waals surface area contributed by atoms with E-state index in [1.165, 1.54) is 13.2 Å². The predicted molar refractivity (Wildman–Crippen MR) is 63.8 cm³/mol. The highest BCUT2D eigenvalue weighted by Gasteiger charge is 2.15. The lowest BCUT2D eigenvalue weighted by molar-refractivity contribution is -0.0208. The molecule has 0 bridgehead atoms. The van der Waals surface area contributed by atoms with Crippen LogP contribution >= 0.6 is 0 Å². The minimum atomic E-state index is -0.636. The van der Waals surface area contributed by atoms with Gasteiger partial charge in [-0.3, -0.25) is 0 Å². The molecule has 0 saturated heterocycles. The second-order valence-corrected chi connectivity index (χ2v) is 3.90. The number of halogens is 1. The van der Waals surface area contributed by atoms with Crippen molar-refractivity contribution in [3.05, 3.63) is 29.6 Å². The Balaban J connectivity index is 2.65. The fourth-order valence-electron chi connectivity index (χ4n) is 1.62. The van der Waals surface area contributed by atoms with Crippen LogP contribution in [-0.2, 0) is 11.2 Å². The molecule has 17 heavy (non-hydrogen) atoms. The van der Waals surface area contributed by atoms with Crippen LogP contribution in [0.4, 0.5) is 4.39 Å². The van der Waals surface area contributed by atoms with Crippen molar-refractivity contribution >= 4 is 0 Å². The van der Waals surface area contributed by atoms with Gasteiger partial charge in [0.2, 0.25) is 0 Å². The molecule has 3 nitrogen and oxygen atoms in total. The van der Waals surface area contributed by atoms with Gasteiger partial charge in [-0.25, -0.2) is 4.39 Å². The highest BCUT2D eigenvalue weighted by Crippen LogP contribution is 2.19. The summed E-state index contributed by atoms with van der Waals surface area (Å²) in [6.07, 6.45) is -0.532. The first-order chi connectivity index (χ1) is 8.08. The van der Waals surface area contributed by atoms with Gasteiger partial charge in [-0.05, 0) is 31.5 Å². The summed E-state index contributed by atoms with van der Waals surface area (Å²) in [6.45, 7) is 4.22. The molecule has 96 valence electrons. The number of hydrogen-bond acceptors (Lipinski definition) is 3. The highest BCUT2D eigenvalue weighted by atomic mass is 19.1. The fourth-order valence-corrected chi connectivity index (χ4v) is 1.62. The topological polar surface area (TPSA) is 38.7 Å². The number of aliphatic hydroxyl groups is 1. The van der Waals surface area contributed by atoms with Gasteiger partial charge < -0.3 is 14.6 Å². The highest BCUT2D eigenvalue weighted by molar-refractivity contribution is 5.29. The molecule has 2 atom stereocenters. The van der Waals surface area contributed by atoms with Crippen LogP contribution in [0.3, 0.4) is 0 Å². The van der Waals surface area contributed by atoms with Crippen LogP contribution in [0.15, 0.2) is 18.2 Å². The van der Waals surface area contributed by atoms with Crippen molar-refractivity contribution in [1.82, 2.24) is 0 Å². The third-order valence-corrected chi connectivity index (χ3v) is 2.63. The van der Waals surface area contributed by atoms with Crippen molar-refractivity contribution in [3.63, 3.8) is 0 Å². The van der Waals surface area contributed by atoms with E-state index in [4.69, 9.17) is 9.47 Å². The maximum Gasteiger partial charge on any atom is 0.165 e. The monoisotopic (exact) mass is 242 g/mol. The van der Waals surface area contributed by atoms with Gasteiger partial charge in [-0.2, -0.15) is 0 Å². The molecular formula is C13H19FO3. The summed E-state index contributed by atoms with van der Waals surface area (Å²) in [5.41, 5.74) is 0.724. The van der Waals surface area contributed by atoms with Crippen molar-refractivity contribution in [1.29, 1.82) is 0 Å². The lowest BCUT2D eigenvalue weighted by atomic mass is 10.0. The molecule has 1 rings (SSSR count). The van der Waals surface area contributed by atoms with E-state index in [1.807, 2.05) is 6.92 Å². The number of aliphatic hydroxyl groups excluding tert-OH is 1. The minimum absolute atomic E-state index is 0.209. The van der Waals surface area contributed by atoms with Crippen molar-refractivity contribution < 1.29 is 19.0 Å². The first-order valence-electron chi connectivity index (χ1n) is 5.70. The third kappa shape index (κ3) is 3.98. The molecule has 0 saturated carbocycles. The van der Waals surface area contributed by atoms with Gasteiger partial charge >= 0.3 is 0 Å². The first kappa shape index (κ1) is 13.9. The Hall–Kier alpha value is -1.13. The van der Waals surface area contributed by atoms with Crippen LogP contribution in [-0.4, -0.2) is 31.0 Å². The standard InChI is InChI=1S/C13H19FO3/c1-4-17-9(2)12(15)8-10-5-6-13(16-3)11(14)7-10/h5-7,9,12,15H,4,8H2,1-3H3. The predicted octanol–water partition coefficient (Wildman–Crippen LogP) is 2.16. The van der Waals surface area contributed by atoms with Crippen LogP contribution in [0.1, 0.15) is 19.4 Å². The molecule has 1 N–H and O–H groups in total. The zero-order chi connectivity index (χ0) is 12.8. The molecule has 0 aliphatic rings. The molecule has 4 heteroatoms. The summed E-state index contributed by atoms with van der Waals surface area (Å²) in [5, 5.41) is 9.84. The SMILES string of the molecule is CCOC(C)C(O)Cc1ccc(OC)c(F)c1. The molecule has 0 aliphatic heterocycles. The molecule has 0 heterocycles. The van der Waals surface area contributed by atoms with Crippen LogP contribution in [0.5, 0.6) is 5.75 Å². The summed E-state index contributed by atoms with van der Waals surface area (Å²) < 4.78 is 23.5. The second kappa shape index (κ2) is 6.57. The van der Waals surface area contributed by atoms with Gasteiger partial charge in [0.1, 0.15) is 0 Å². The van der Waals surface area contributed by atoms with E-state index in [-0.39, 0.29) is 11.9 Å². The molecular weight excluding hydrogens is 223 g/mol. The molecule has 2 unspecified atom stereocenters. The van der Waals surface area contributed by atoms with E-state index in [1.54, 1.807) is 19.1 Å². The third-order valence-electron chi connectivity index (χ3n) is 2.63. The molecule has 0 aromatic heterocycles. The molecule has 0 spiro atoms. The van der Waals surface area contributed by atoms with Crippen LogP contribution < -0.4 is 4.74 Å². The van der Waals surface area contributed by atoms with Crippen molar-refractivity contribution in [2.45, 2.75) is 32.5 Å². The Morgan fingerprint density at radius 3 is 2.65 bits per heavy atom. The number of methoxy groups -OCH3 is 1. The maximum atomic E-state index is 13.4. The average molecular weight is 242 g/mol. The summed E-state index contributed by atoms with van der Waals surface area (Å²) in [5.74, 6) is -0.206. The van der Waals surface area contributed by atoms with Gasteiger partial charge in [0.15, 0.2) is 11.6 Å². The van der Waals surface area contributed by atoms with Crippen LogP contribution in [0.2, 0.25) is 0 Å². The number of benzene rings is 1. The zero-order valence-corrected chi connectivity index (χ0v) is 10.4. The van der Waals surface area contributed by atoms with Gasteiger partial charge in [-0.15, -0.1) is 0 Å². The molecule has 0 aliphatic carbocycles.